The molecule has 1 N–H and O–H groups in total. The highest BCUT2D eigenvalue weighted by molar-refractivity contribution is 6.45. The predicted octanol–water partition coefficient (Wildman–Crippen LogP) is 4.05. The Balaban J connectivity index is 1.62. The summed E-state index contributed by atoms with van der Waals surface area (Å²) in [6, 6.07) is 5.16. The summed E-state index contributed by atoms with van der Waals surface area (Å²) < 4.78 is 10.5. The van der Waals surface area contributed by atoms with Gasteiger partial charge in [-0.2, -0.15) is 4.98 Å². The summed E-state index contributed by atoms with van der Waals surface area (Å²) in [5, 5.41) is 1.96. The van der Waals surface area contributed by atoms with Crippen LogP contribution in [0.15, 0.2) is 24.4 Å². The fourth-order valence-electron chi connectivity index (χ4n) is 3.70. The van der Waals surface area contributed by atoms with Gasteiger partial charge in [0.05, 0.1) is 28.2 Å². The highest BCUT2D eigenvalue weighted by Crippen LogP contribution is 2.40. The molecule has 1 amide bonds. The first-order valence-electron chi connectivity index (χ1n) is 9.25. The Bertz CT molecular complexity index is 1070. The molecule has 4 rings (SSSR count). The summed E-state index contributed by atoms with van der Waals surface area (Å²) in [7, 11) is 1.59. The minimum Gasteiger partial charge on any atom is -0.475 e. The molecule has 0 saturated carbocycles. The molecule has 0 spiro atoms. The van der Waals surface area contributed by atoms with Gasteiger partial charge in [-0.25, -0.2) is 4.98 Å². The average Bonchev–Trinajstić information content (AvgIpc) is 3.11. The van der Waals surface area contributed by atoms with Gasteiger partial charge in [0.1, 0.15) is 6.61 Å². The number of H-pyrrole nitrogens is 1. The van der Waals surface area contributed by atoms with E-state index in [0.717, 1.165) is 22.2 Å². The zero-order chi connectivity index (χ0) is 20.5. The average molecular weight is 435 g/mol. The van der Waals surface area contributed by atoms with Crippen molar-refractivity contribution in [2.24, 2.45) is 0 Å². The van der Waals surface area contributed by atoms with Crippen molar-refractivity contribution in [3.05, 3.63) is 51.5 Å². The second kappa shape index (κ2) is 8.18. The number of carbonyl (C=O) groups is 1. The molecule has 9 heteroatoms. The maximum atomic E-state index is 13.1. The minimum absolute atomic E-state index is 0.108. The van der Waals surface area contributed by atoms with Crippen LogP contribution < -0.4 is 4.74 Å². The number of nitrogens with one attached hydrogen (secondary N) is 1. The van der Waals surface area contributed by atoms with E-state index in [9.17, 15) is 4.79 Å². The molecule has 29 heavy (non-hydrogen) atoms. The van der Waals surface area contributed by atoms with Crippen molar-refractivity contribution < 1.29 is 14.3 Å². The number of ether oxygens (including phenoxy) is 2. The molecule has 3 aromatic rings. The molecule has 0 saturated heterocycles. The summed E-state index contributed by atoms with van der Waals surface area (Å²) in [5.74, 6) is 0.213. The number of benzene rings is 1. The highest BCUT2D eigenvalue weighted by Gasteiger charge is 2.33. The lowest BCUT2D eigenvalue weighted by molar-refractivity contribution is 0.0663. The van der Waals surface area contributed by atoms with Crippen molar-refractivity contribution in [1.29, 1.82) is 0 Å². The molecule has 1 aromatic carbocycles. The van der Waals surface area contributed by atoms with E-state index >= 15 is 0 Å². The fraction of sp³-hybridized carbons (Fsp3) is 0.350. The van der Waals surface area contributed by atoms with Gasteiger partial charge in [-0.1, -0.05) is 29.3 Å². The molecule has 7 nitrogen and oxygen atoms in total. The number of methoxy groups -OCH3 is 1. The number of aromatic nitrogens is 3. The third-order valence-electron chi connectivity index (χ3n) is 5.09. The van der Waals surface area contributed by atoms with Crippen LogP contribution in [0.2, 0.25) is 10.0 Å². The maximum absolute atomic E-state index is 13.1. The number of amides is 1. The van der Waals surface area contributed by atoms with Crippen molar-refractivity contribution in [3.63, 3.8) is 0 Å². The van der Waals surface area contributed by atoms with Crippen LogP contribution in [0.25, 0.3) is 10.9 Å². The largest absolute Gasteiger partial charge is 0.475 e. The second-order valence-electron chi connectivity index (χ2n) is 6.79. The van der Waals surface area contributed by atoms with E-state index in [0.29, 0.717) is 42.1 Å². The van der Waals surface area contributed by atoms with Gasteiger partial charge in [-0.15, -0.1) is 0 Å². The lowest BCUT2D eigenvalue weighted by atomic mass is 9.97. The van der Waals surface area contributed by atoms with Crippen LogP contribution in [0.4, 0.5) is 0 Å². The summed E-state index contributed by atoms with van der Waals surface area (Å²) in [6.07, 6.45) is 2.20. The first-order chi connectivity index (χ1) is 14.0. The Morgan fingerprint density at radius 3 is 2.93 bits per heavy atom. The number of rotatable bonds is 5. The first kappa shape index (κ1) is 19.9. The minimum atomic E-state index is -0.241. The van der Waals surface area contributed by atoms with Gasteiger partial charge in [-0.3, -0.25) is 4.79 Å². The Morgan fingerprint density at radius 1 is 1.31 bits per heavy atom. The van der Waals surface area contributed by atoms with Gasteiger partial charge in [0.25, 0.3) is 5.91 Å². The Morgan fingerprint density at radius 2 is 2.14 bits per heavy atom. The van der Waals surface area contributed by atoms with Gasteiger partial charge in [0.15, 0.2) is 0 Å². The summed E-state index contributed by atoms with van der Waals surface area (Å²) in [5.41, 5.74) is 2.92. The fourth-order valence-corrected chi connectivity index (χ4v) is 4.06. The third kappa shape index (κ3) is 3.66. The predicted molar refractivity (Wildman–Crippen MR) is 111 cm³/mol. The number of aromatic amines is 1. The van der Waals surface area contributed by atoms with Crippen LogP contribution >= 0.6 is 23.2 Å². The Hall–Kier alpha value is -2.35. The second-order valence-corrected chi connectivity index (χ2v) is 7.57. The molecule has 0 fully saturated rings. The topological polar surface area (TPSA) is 80.3 Å². The molecule has 1 aliphatic heterocycles. The van der Waals surface area contributed by atoms with E-state index in [1.165, 1.54) is 6.20 Å². The number of halogens is 2. The van der Waals surface area contributed by atoms with Crippen molar-refractivity contribution in [2.45, 2.75) is 19.4 Å². The zero-order valence-electron chi connectivity index (χ0n) is 16.0. The van der Waals surface area contributed by atoms with E-state index in [2.05, 4.69) is 15.0 Å². The molecular formula is C20H20Cl2N4O3. The van der Waals surface area contributed by atoms with Crippen LogP contribution in [0, 0.1) is 0 Å². The smallest absolute Gasteiger partial charge is 0.292 e. The van der Waals surface area contributed by atoms with E-state index in [1.807, 2.05) is 13.0 Å². The highest BCUT2D eigenvalue weighted by atomic mass is 35.5. The SMILES string of the molecule is COCCOc1ccnc(C(=O)N2CCc3[nH]c4c(Cl)c(Cl)ccc4c3[C@H]2C)n1. The molecular weight excluding hydrogens is 415 g/mol. The van der Waals surface area contributed by atoms with Crippen LogP contribution in [0.3, 0.4) is 0 Å². The van der Waals surface area contributed by atoms with Crippen LogP contribution in [-0.4, -0.2) is 52.6 Å². The number of fused-ring (bicyclic) bond motifs is 3. The van der Waals surface area contributed by atoms with Gasteiger partial charge >= 0.3 is 0 Å². The van der Waals surface area contributed by atoms with Crippen molar-refractivity contribution in [2.75, 3.05) is 26.9 Å². The number of carbonyl (C=O) groups excluding carboxylic acids is 1. The molecule has 1 atom stereocenters. The van der Waals surface area contributed by atoms with E-state index in [-0.39, 0.29) is 17.8 Å². The van der Waals surface area contributed by atoms with Gasteiger partial charge < -0.3 is 19.4 Å². The van der Waals surface area contributed by atoms with Gasteiger partial charge in [0, 0.05) is 49.0 Å². The quantitative estimate of drug-likeness (QED) is 0.612. The molecule has 3 heterocycles. The van der Waals surface area contributed by atoms with Crippen molar-refractivity contribution in [1.82, 2.24) is 19.9 Å². The zero-order valence-corrected chi connectivity index (χ0v) is 17.5. The summed E-state index contributed by atoms with van der Waals surface area (Å²) in [4.78, 5) is 26.7. The number of hydrogen-bond acceptors (Lipinski definition) is 5. The molecule has 0 bridgehead atoms. The maximum Gasteiger partial charge on any atom is 0.292 e. The van der Waals surface area contributed by atoms with E-state index in [1.54, 1.807) is 24.1 Å². The Kier molecular flexibility index (Phi) is 5.63. The van der Waals surface area contributed by atoms with Crippen LogP contribution in [0.5, 0.6) is 5.88 Å². The number of hydrogen-bond donors (Lipinski definition) is 1. The molecule has 152 valence electrons. The summed E-state index contributed by atoms with van der Waals surface area (Å²) >= 11 is 12.5. The van der Waals surface area contributed by atoms with E-state index in [4.69, 9.17) is 32.7 Å². The summed E-state index contributed by atoms with van der Waals surface area (Å²) in [6.45, 7) is 3.32. The van der Waals surface area contributed by atoms with Gasteiger partial charge in [0.2, 0.25) is 11.7 Å². The molecule has 0 unspecified atom stereocenters. The molecule has 0 aliphatic carbocycles. The lowest BCUT2D eigenvalue weighted by Gasteiger charge is -2.33. The lowest BCUT2D eigenvalue weighted by Crippen LogP contribution is -2.39. The van der Waals surface area contributed by atoms with E-state index < -0.39 is 0 Å². The molecule has 1 aliphatic rings. The van der Waals surface area contributed by atoms with Crippen molar-refractivity contribution >= 4 is 40.0 Å². The van der Waals surface area contributed by atoms with Crippen molar-refractivity contribution in [3.8, 4) is 5.88 Å². The van der Waals surface area contributed by atoms with Gasteiger partial charge in [-0.05, 0) is 13.0 Å². The number of nitrogens with zero attached hydrogens (tertiary/aromatic N) is 3. The van der Waals surface area contributed by atoms with Crippen LogP contribution in [0.1, 0.15) is 34.8 Å². The molecule has 0 radical (unpaired) electrons. The monoisotopic (exact) mass is 434 g/mol. The first-order valence-corrected chi connectivity index (χ1v) is 10.0. The standard InChI is InChI=1S/C20H20Cl2N4O3/c1-11-16-12-3-4-13(21)17(22)18(12)24-14(16)6-8-26(11)20(27)19-23-7-5-15(25-19)29-10-9-28-2/h3-5,7,11,24H,6,8-10H2,1-2H3/t11-/m1/s1. The normalized spacial score (nSPS) is 16.1. The van der Waals surface area contributed by atoms with Crippen LogP contribution in [-0.2, 0) is 11.2 Å². The molecule has 2 aromatic heterocycles. The third-order valence-corrected chi connectivity index (χ3v) is 5.90. The Labute approximate surface area is 177 Å².